The van der Waals surface area contributed by atoms with E-state index in [9.17, 15) is 14.4 Å². The average Bonchev–Trinajstić information content (AvgIpc) is 2.42. The fourth-order valence-electron chi connectivity index (χ4n) is 1.28. The van der Waals surface area contributed by atoms with Crippen molar-refractivity contribution in [2.24, 2.45) is 0 Å². The van der Waals surface area contributed by atoms with Crippen LogP contribution in [0.15, 0.2) is 12.7 Å². The van der Waals surface area contributed by atoms with Gasteiger partial charge in [-0.05, 0) is 12.2 Å². The van der Waals surface area contributed by atoms with Gasteiger partial charge in [-0.25, -0.2) is 4.79 Å². The van der Waals surface area contributed by atoms with Gasteiger partial charge in [0.25, 0.3) is 0 Å². The smallest absolute Gasteiger partial charge is 0.330 e. The molecule has 0 heterocycles. The molecular formula is C13H18N2O4S. The van der Waals surface area contributed by atoms with Crippen molar-refractivity contribution in [1.29, 1.82) is 5.26 Å². The number of esters is 1. The molecule has 0 fully saturated rings. The first-order valence-corrected chi connectivity index (χ1v) is 7.13. The number of carbonyl (C=O) groups excluding carboxylic acids is 3. The first kappa shape index (κ1) is 18.2. The van der Waals surface area contributed by atoms with Crippen molar-refractivity contribution in [3.05, 3.63) is 12.7 Å². The molecule has 0 saturated heterocycles. The number of allylic oxidation sites excluding steroid dienone is 1. The summed E-state index contributed by atoms with van der Waals surface area (Å²) in [5.74, 6) is -0.551. The summed E-state index contributed by atoms with van der Waals surface area (Å²) in [6.45, 7) is 4.90. The molecule has 0 bridgehead atoms. The zero-order valence-corrected chi connectivity index (χ0v) is 12.2. The standard InChI is InChI=1S/C13H18N2O4S/c1-3-5-6-11(16)15-10(9-12(17)20-4-2)13(18)19-8-7-14/h3,10H,1,4-6,8-9H2,2H3,(H,15,16)/t10-/m0/s1. The number of nitriles is 1. The van der Waals surface area contributed by atoms with E-state index in [-0.39, 0.29) is 23.9 Å². The minimum atomic E-state index is -1.05. The third-order valence-corrected chi connectivity index (χ3v) is 2.93. The van der Waals surface area contributed by atoms with Crippen molar-refractivity contribution in [3.8, 4) is 6.07 Å². The van der Waals surface area contributed by atoms with E-state index < -0.39 is 18.6 Å². The zero-order valence-electron chi connectivity index (χ0n) is 11.4. The molecule has 0 aliphatic rings. The molecule has 0 aliphatic heterocycles. The Kier molecular flexibility index (Phi) is 10.1. The van der Waals surface area contributed by atoms with E-state index >= 15 is 0 Å². The predicted molar refractivity (Wildman–Crippen MR) is 75.7 cm³/mol. The quantitative estimate of drug-likeness (QED) is 0.507. The van der Waals surface area contributed by atoms with Crippen LogP contribution in [0.2, 0.25) is 0 Å². The molecule has 0 radical (unpaired) electrons. The molecule has 1 N–H and O–H groups in total. The Morgan fingerprint density at radius 3 is 2.75 bits per heavy atom. The minimum absolute atomic E-state index is 0.150. The second kappa shape index (κ2) is 11.1. The van der Waals surface area contributed by atoms with Crippen LogP contribution in [-0.2, 0) is 19.1 Å². The first-order valence-electron chi connectivity index (χ1n) is 6.14. The van der Waals surface area contributed by atoms with E-state index in [4.69, 9.17) is 5.26 Å². The van der Waals surface area contributed by atoms with Gasteiger partial charge in [0.1, 0.15) is 12.1 Å². The van der Waals surface area contributed by atoms with Crippen molar-refractivity contribution in [2.75, 3.05) is 12.4 Å². The van der Waals surface area contributed by atoms with Gasteiger partial charge >= 0.3 is 5.97 Å². The number of ether oxygens (including phenoxy) is 1. The Balaban J connectivity index is 4.56. The fraction of sp³-hybridized carbons (Fsp3) is 0.538. The molecule has 0 unspecified atom stereocenters. The number of carbonyl (C=O) groups is 3. The SMILES string of the molecule is C=CCCC(=O)N[C@@H](CC(=O)SCC)C(=O)OCC#N. The maximum atomic E-state index is 11.7. The Morgan fingerprint density at radius 1 is 1.50 bits per heavy atom. The van der Waals surface area contributed by atoms with Gasteiger partial charge in [-0.15, -0.1) is 6.58 Å². The van der Waals surface area contributed by atoms with E-state index in [2.05, 4.69) is 16.6 Å². The summed E-state index contributed by atoms with van der Waals surface area (Å²) in [7, 11) is 0. The third kappa shape index (κ3) is 8.32. The van der Waals surface area contributed by atoms with Crippen LogP contribution in [0.3, 0.4) is 0 Å². The lowest BCUT2D eigenvalue weighted by Gasteiger charge is -2.15. The van der Waals surface area contributed by atoms with Crippen LogP contribution in [0.1, 0.15) is 26.2 Å². The molecule has 0 aromatic carbocycles. The molecule has 0 rings (SSSR count). The third-order valence-electron chi connectivity index (χ3n) is 2.15. The van der Waals surface area contributed by atoms with Gasteiger partial charge in [0.15, 0.2) is 11.7 Å². The highest BCUT2D eigenvalue weighted by atomic mass is 32.2. The number of hydrogen-bond donors (Lipinski definition) is 1. The van der Waals surface area contributed by atoms with Crippen LogP contribution < -0.4 is 5.32 Å². The normalized spacial score (nSPS) is 11.0. The lowest BCUT2D eigenvalue weighted by atomic mass is 10.2. The highest BCUT2D eigenvalue weighted by molar-refractivity contribution is 8.13. The van der Waals surface area contributed by atoms with Crippen LogP contribution in [0.25, 0.3) is 0 Å². The van der Waals surface area contributed by atoms with E-state index in [1.54, 1.807) is 12.1 Å². The molecule has 0 aromatic rings. The molecule has 110 valence electrons. The molecular weight excluding hydrogens is 280 g/mol. The molecule has 6 nitrogen and oxygen atoms in total. The Labute approximate surface area is 122 Å². The van der Waals surface area contributed by atoms with Gasteiger partial charge in [-0.3, -0.25) is 9.59 Å². The first-order chi connectivity index (χ1) is 9.54. The number of amides is 1. The van der Waals surface area contributed by atoms with Crippen molar-refractivity contribution < 1.29 is 19.1 Å². The van der Waals surface area contributed by atoms with Crippen molar-refractivity contribution >= 4 is 28.8 Å². The van der Waals surface area contributed by atoms with Gasteiger partial charge in [0.2, 0.25) is 5.91 Å². The van der Waals surface area contributed by atoms with E-state index in [1.807, 2.05) is 6.92 Å². The average molecular weight is 298 g/mol. The topological polar surface area (TPSA) is 96.3 Å². The fourth-order valence-corrected chi connectivity index (χ4v) is 1.89. The van der Waals surface area contributed by atoms with Gasteiger partial charge < -0.3 is 10.1 Å². The number of thioether (sulfide) groups is 1. The van der Waals surface area contributed by atoms with Gasteiger partial charge in [-0.2, -0.15) is 5.26 Å². The molecule has 20 heavy (non-hydrogen) atoms. The number of nitrogens with zero attached hydrogens (tertiary/aromatic N) is 1. The van der Waals surface area contributed by atoms with E-state index in [0.717, 1.165) is 11.8 Å². The van der Waals surface area contributed by atoms with Gasteiger partial charge in [0, 0.05) is 12.8 Å². The van der Waals surface area contributed by atoms with Crippen LogP contribution in [0, 0.1) is 11.3 Å². The van der Waals surface area contributed by atoms with Gasteiger partial charge in [-0.1, -0.05) is 24.8 Å². The van der Waals surface area contributed by atoms with E-state index in [0.29, 0.717) is 12.2 Å². The summed E-state index contributed by atoms with van der Waals surface area (Å²) in [6.07, 6.45) is 2.09. The maximum Gasteiger partial charge on any atom is 0.330 e. The van der Waals surface area contributed by atoms with Crippen LogP contribution in [-0.4, -0.2) is 35.4 Å². The molecule has 0 aromatic heterocycles. The summed E-state index contributed by atoms with van der Waals surface area (Å²) in [6, 6.07) is 0.612. The summed E-state index contributed by atoms with van der Waals surface area (Å²) in [5, 5.41) is 10.6. The van der Waals surface area contributed by atoms with Crippen molar-refractivity contribution in [3.63, 3.8) is 0 Å². The highest BCUT2D eigenvalue weighted by Gasteiger charge is 2.25. The minimum Gasteiger partial charge on any atom is -0.449 e. The summed E-state index contributed by atoms with van der Waals surface area (Å²) in [5.41, 5.74) is 0. The lowest BCUT2D eigenvalue weighted by molar-refractivity contribution is -0.147. The molecule has 0 aliphatic carbocycles. The Morgan fingerprint density at radius 2 is 2.20 bits per heavy atom. The highest BCUT2D eigenvalue weighted by Crippen LogP contribution is 2.09. The Bertz CT molecular complexity index is 404. The summed E-state index contributed by atoms with van der Waals surface area (Å²) in [4.78, 5) is 34.8. The molecule has 0 saturated carbocycles. The number of hydrogen-bond acceptors (Lipinski definition) is 6. The lowest BCUT2D eigenvalue weighted by Crippen LogP contribution is -2.43. The predicted octanol–water partition coefficient (Wildman–Crippen LogP) is 1.17. The largest absolute Gasteiger partial charge is 0.449 e. The second-order valence-electron chi connectivity index (χ2n) is 3.72. The van der Waals surface area contributed by atoms with E-state index in [1.165, 1.54) is 0 Å². The summed E-state index contributed by atoms with van der Waals surface area (Å²) < 4.78 is 4.64. The molecule has 1 atom stereocenters. The van der Waals surface area contributed by atoms with Crippen molar-refractivity contribution in [2.45, 2.75) is 32.2 Å². The van der Waals surface area contributed by atoms with Crippen LogP contribution in [0.4, 0.5) is 0 Å². The zero-order chi connectivity index (χ0) is 15.4. The second-order valence-corrected chi connectivity index (χ2v) is 5.04. The van der Waals surface area contributed by atoms with Gasteiger partial charge in [0.05, 0.1) is 0 Å². The van der Waals surface area contributed by atoms with Crippen molar-refractivity contribution in [1.82, 2.24) is 5.32 Å². The summed E-state index contributed by atoms with van der Waals surface area (Å²) >= 11 is 1.07. The van der Waals surface area contributed by atoms with Crippen LogP contribution in [0.5, 0.6) is 0 Å². The molecule has 0 spiro atoms. The Hall–Kier alpha value is -1.81. The number of nitrogens with one attached hydrogen (secondary N) is 1. The van der Waals surface area contributed by atoms with Crippen LogP contribution >= 0.6 is 11.8 Å². The molecule has 7 heteroatoms. The molecule has 1 amide bonds. The monoisotopic (exact) mass is 298 g/mol. The maximum absolute atomic E-state index is 11.7. The number of rotatable bonds is 9.